The molecule has 1 aliphatic rings. The zero-order valence-electron chi connectivity index (χ0n) is 22.7. The van der Waals surface area contributed by atoms with Gasteiger partial charge in [0.25, 0.3) is 5.91 Å². The van der Waals surface area contributed by atoms with Crippen molar-refractivity contribution in [1.82, 2.24) is 9.80 Å². The third kappa shape index (κ3) is 7.60. The Morgan fingerprint density at radius 2 is 1.81 bits per heavy atom. The van der Waals surface area contributed by atoms with Crippen LogP contribution in [0.3, 0.4) is 0 Å². The zero-order chi connectivity index (χ0) is 26.9. The van der Waals surface area contributed by atoms with Gasteiger partial charge in [-0.25, -0.2) is 4.79 Å². The van der Waals surface area contributed by atoms with Crippen LogP contribution in [-0.4, -0.2) is 81.4 Å². The van der Waals surface area contributed by atoms with E-state index in [4.69, 9.17) is 14.2 Å². The van der Waals surface area contributed by atoms with Crippen molar-refractivity contribution >= 4 is 23.3 Å². The Labute approximate surface area is 220 Å². The van der Waals surface area contributed by atoms with Crippen LogP contribution in [0.25, 0.3) is 0 Å². The number of amides is 3. The Morgan fingerprint density at radius 3 is 2.49 bits per heavy atom. The quantitative estimate of drug-likeness (QED) is 0.590. The lowest BCUT2D eigenvalue weighted by Crippen LogP contribution is -2.46. The van der Waals surface area contributed by atoms with E-state index in [1.165, 1.54) is 0 Å². The molecule has 9 heteroatoms. The van der Waals surface area contributed by atoms with Gasteiger partial charge in [-0.1, -0.05) is 19.9 Å². The van der Waals surface area contributed by atoms with Gasteiger partial charge in [-0.3, -0.25) is 9.69 Å². The predicted octanol–water partition coefficient (Wildman–Crippen LogP) is 4.56. The van der Waals surface area contributed by atoms with Crippen molar-refractivity contribution in [1.29, 1.82) is 0 Å². The van der Waals surface area contributed by atoms with Gasteiger partial charge < -0.3 is 29.7 Å². The van der Waals surface area contributed by atoms with E-state index in [1.807, 2.05) is 0 Å². The van der Waals surface area contributed by atoms with E-state index in [0.717, 1.165) is 19.5 Å². The maximum atomic E-state index is 13.5. The molecule has 0 unspecified atom stereocenters. The topological polar surface area (TPSA) is 92.4 Å². The van der Waals surface area contributed by atoms with E-state index >= 15 is 0 Å². The molecule has 0 saturated carbocycles. The minimum Gasteiger partial charge on any atom is -0.497 e. The first-order valence-corrected chi connectivity index (χ1v) is 12.8. The second kappa shape index (κ2) is 13.3. The second-order valence-electron chi connectivity index (χ2n) is 9.61. The summed E-state index contributed by atoms with van der Waals surface area (Å²) in [7, 11) is 5.02. The summed E-state index contributed by atoms with van der Waals surface area (Å²) >= 11 is 0. The summed E-state index contributed by atoms with van der Waals surface area (Å²) in [5.74, 6) is 1.15. The lowest BCUT2D eigenvalue weighted by Gasteiger charge is -2.35. The first kappa shape index (κ1) is 28.3. The Bertz CT molecular complexity index is 1060. The number of methoxy groups -OCH3 is 2. The molecule has 3 atom stereocenters. The van der Waals surface area contributed by atoms with E-state index in [2.05, 4.69) is 36.3 Å². The van der Waals surface area contributed by atoms with Gasteiger partial charge in [0.15, 0.2) is 0 Å². The minimum atomic E-state index is -0.430. The van der Waals surface area contributed by atoms with Gasteiger partial charge in [0.1, 0.15) is 18.1 Å². The Balaban J connectivity index is 1.85. The molecule has 2 aromatic carbocycles. The van der Waals surface area contributed by atoms with Gasteiger partial charge in [0.2, 0.25) is 0 Å². The Morgan fingerprint density at radius 1 is 1.08 bits per heavy atom. The van der Waals surface area contributed by atoms with Crippen LogP contribution in [0.1, 0.15) is 37.6 Å². The van der Waals surface area contributed by atoms with Gasteiger partial charge >= 0.3 is 6.03 Å². The summed E-state index contributed by atoms with van der Waals surface area (Å²) in [6.45, 7) is 9.17. The van der Waals surface area contributed by atoms with Crippen LogP contribution in [0.5, 0.6) is 11.5 Å². The van der Waals surface area contributed by atoms with Gasteiger partial charge in [0.05, 0.1) is 18.8 Å². The number of fused-ring (bicyclic) bond motifs is 1. The highest BCUT2D eigenvalue weighted by Gasteiger charge is 2.28. The second-order valence-corrected chi connectivity index (χ2v) is 9.61. The molecule has 0 fully saturated rings. The molecular weight excluding hydrogens is 472 g/mol. The number of hydrogen-bond acceptors (Lipinski definition) is 6. The molecule has 0 bridgehead atoms. The lowest BCUT2D eigenvalue weighted by atomic mass is 10.0. The van der Waals surface area contributed by atoms with E-state index in [9.17, 15) is 9.59 Å². The standard InChI is InChI=1S/C28H40N4O5/c1-7-13-32-16-19(2)26(36-6)17-31(4)27(33)24-15-22(11-12-25(24)37-18-20(32)3)30-28(34)29-21-9-8-10-23(14-21)35-5/h8-12,14-15,19-20,26H,7,13,16-18H2,1-6H3,(H2,29,30,34)/t19-,20+,26+/m0/s1. The molecule has 0 spiro atoms. The molecule has 0 aliphatic carbocycles. The van der Waals surface area contributed by atoms with Crippen molar-refractivity contribution in [2.75, 3.05) is 58.1 Å². The van der Waals surface area contributed by atoms with Crippen molar-refractivity contribution in [3.05, 3.63) is 48.0 Å². The van der Waals surface area contributed by atoms with Gasteiger partial charge in [-0.15, -0.1) is 0 Å². The Hall–Kier alpha value is -3.30. The molecule has 37 heavy (non-hydrogen) atoms. The van der Waals surface area contributed by atoms with Crippen LogP contribution >= 0.6 is 0 Å². The molecule has 3 amide bonds. The van der Waals surface area contributed by atoms with Crippen LogP contribution in [-0.2, 0) is 4.74 Å². The maximum absolute atomic E-state index is 13.5. The lowest BCUT2D eigenvalue weighted by molar-refractivity contribution is 0.0108. The van der Waals surface area contributed by atoms with E-state index < -0.39 is 6.03 Å². The third-order valence-electron chi connectivity index (χ3n) is 6.67. The molecule has 2 aromatic rings. The monoisotopic (exact) mass is 512 g/mol. The van der Waals surface area contributed by atoms with Crippen LogP contribution in [0, 0.1) is 5.92 Å². The molecule has 2 N–H and O–H groups in total. The van der Waals surface area contributed by atoms with Crippen molar-refractivity contribution in [3.8, 4) is 11.5 Å². The molecule has 0 radical (unpaired) electrons. The zero-order valence-corrected chi connectivity index (χ0v) is 22.7. The first-order valence-electron chi connectivity index (χ1n) is 12.8. The smallest absolute Gasteiger partial charge is 0.323 e. The summed E-state index contributed by atoms with van der Waals surface area (Å²) in [6.07, 6.45) is 0.926. The number of ether oxygens (including phenoxy) is 3. The molecule has 0 aromatic heterocycles. The summed E-state index contributed by atoms with van der Waals surface area (Å²) in [5.41, 5.74) is 1.46. The number of nitrogens with one attached hydrogen (secondary N) is 2. The molecule has 0 saturated heterocycles. The third-order valence-corrected chi connectivity index (χ3v) is 6.67. The molecule has 1 heterocycles. The summed E-state index contributed by atoms with van der Waals surface area (Å²) in [5, 5.41) is 5.59. The largest absolute Gasteiger partial charge is 0.497 e. The highest BCUT2D eigenvalue weighted by molar-refractivity contribution is 6.02. The highest BCUT2D eigenvalue weighted by Crippen LogP contribution is 2.27. The summed E-state index contributed by atoms with van der Waals surface area (Å²) in [4.78, 5) is 30.2. The number of urea groups is 1. The molecule has 9 nitrogen and oxygen atoms in total. The number of likely N-dealkylation sites (N-methyl/N-ethyl adjacent to an activating group) is 1. The van der Waals surface area contributed by atoms with Crippen LogP contribution in [0.4, 0.5) is 16.2 Å². The molecule has 3 rings (SSSR count). The first-order chi connectivity index (χ1) is 17.7. The number of anilines is 2. The fourth-order valence-electron chi connectivity index (χ4n) is 4.52. The normalized spacial score (nSPS) is 21.2. The highest BCUT2D eigenvalue weighted by atomic mass is 16.5. The number of nitrogens with zero attached hydrogens (tertiary/aromatic N) is 2. The van der Waals surface area contributed by atoms with E-state index in [-0.39, 0.29) is 24.0 Å². The minimum absolute atomic E-state index is 0.112. The number of rotatable bonds is 6. The van der Waals surface area contributed by atoms with Gasteiger partial charge in [-0.2, -0.15) is 0 Å². The molecule has 202 valence electrons. The predicted molar refractivity (Wildman–Crippen MR) is 146 cm³/mol. The number of carbonyl (C=O) groups is 2. The SMILES string of the molecule is CCCN1C[C@H](C)[C@H](OC)CN(C)C(=O)c2cc(NC(=O)Nc3cccc(OC)c3)ccc2OC[C@H]1C. The van der Waals surface area contributed by atoms with Crippen molar-refractivity contribution in [2.45, 2.75) is 39.3 Å². The van der Waals surface area contributed by atoms with Crippen molar-refractivity contribution in [3.63, 3.8) is 0 Å². The number of hydrogen-bond donors (Lipinski definition) is 2. The van der Waals surface area contributed by atoms with Crippen LogP contribution in [0.2, 0.25) is 0 Å². The van der Waals surface area contributed by atoms with Crippen molar-refractivity contribution < 1.29 is 23.8 Å². The van der Waals surface area contributed by atoms with E-state index in [0.29, 0.717) is 41.6 Å². The summed E-state index contributed by atoms with van der Waals surface area (Å²) in [6, 6.07) is 11.9. The average molecular weight is 513 g/mol. The molecule has 1 aliphatic heterocycles. The molecular formula is C28H40N4O5. The van der Waals surface area contributed by atoms with Gasteiger partial charge in [-0.05, 0) is 56.1 Å². The average Bonchev–Trinajstić information content (AvgIpc) is 2.89. The number of benzene rings is 2. The number of carbonyl (C=O) groups excluding carboxylic acids is 2. The fraction of sp³-hybridized carbons (Fsp3) is 0.500. The maximum Gasteiger partial charge on any atom is 0.323 e. The fourth-order valence-corrected chi connectivity index (χ4v) is 4.52. The van der Waals surface area contributed by atoms with E-state index in [1.54, 1.807) is 68.6 Å². The van der Waals surface area contributed by atoms with Crippen molar-refractivity contribution in [2.24, 2.45) is 5.92 Å². The van der Waals surface area contributed by atoms with Crippen LogP contribution in [0.15, 0.2) is 42.5 Å². The van der Waals surface area contributed by atoms with Gasteiger partial charge in [0, 0.05) is 50.7 Å². The van der Waals surface area contributed by atoms with Crippen LogP contribution < -0.4 is 20.1 Å². The Kier molecular flexibility index (Phi) is 10.2. The summed E-state index contributed by atoms with van der Waals surface area (Å²) < 4.78 is 17.2.